The molecular weight excluding hydrogens is 316 g/mol. The van der Waals surface area contributed by atoms with E-state index in [9.17, 15) is 4.79 Å². The maximum absolute atomic E-state index is 12.4. The van der Waals surface area contributed by atoms with Crippen molar-refractivity contribution in [3.8, 4) is 0 Å². The van der Waals surface area contributed by atoms with Crippen LogP contribution in [-0.2, 0) is 16.0 Å². The summed E-state index contributed by atoms with van der Waals surface area (Å²) >= 11 is 0. The number of aromatic amines is 1. The fraction of sp³-hybridized carbons (Fsp3) is 0.421. The van der Waals surface area contributed by atoms with Gasteiger partial charge in [0.1, 0.15) is 11.9 Å². The minimum Gasteiger partial charge on any atom is -0.366 e. The number of nitrogens with one attached hydrogen (secondary N) is 1. The van der Waals surface area contributed by atoms with Crippen LogP contribution in [0.5, 0.6) is 0 Å². The van der Waals surface area contributed by atoms with Crippen molar-refractivity contribution in [1.82, 2.24) is 20.1 Å². The van der Waals surface area contributed by atoms with E-state index in [1.165, 1.54) is 0 Å². The van der Waals surface area contributed by atoms with Crippen molar-refractivity contribution in [3.05, 3.63) is 53.6 Å². The molecule has 1 unspecified atom stereocenters. The molecule has 6 nitrogen and oxygen atoms in total. The summed E-state index contributed by atoms with van der Waals surface area (Å²) in [6.07, 6.45) is 5.90. The van der Waals surface area contributed by atoms with Crippen LogP contribution in [0.4, 0.5) is 0 Å². The molecule has 0 aliphatic carbocycles. The zero-order valence-corrected chi connectivity index (χ0v) is 14.5. The van der Waals surface area contributed by atoms with Crippen molar-refractivity contribution in [2.24, 2.45) is 0 Å². The first-order valence-corrected chi connectivity index (χ1v) is 8.78. The second kappa shape index (κ2) is 8.58. The van der Waals surface area contributed by atoms with Gasteiger partial charge in [-0.05, 0) is 12.0 Å². The number of benzene rings is 1. The van der Waals surface area contributed by atoms with Gasteiger partial charge in [0.25, 0.3) is 0 Å². The van der Waals surface area contributed by atoms with Crippen LogP contribution < -0.4 is 0 Å². The maximum Gasteiger partial charge on any atom is 0.223 e. The third-order valence-electron chi connectivity index (χ3n) is 4.23. The van der Waals surface area contributed by atoms with Crippen molar-refractivity contribution in [2.45, 2.75) is 32.3 Å². The molecule has 1 saturated heterocycles. The molecule has 1 aliphatic heterocycles. The Hall–Kier alpha value is -2.47. The Morgan fingerprint density at radius 3 is 3.00 bits per heavy atom. The molecule has 1 amide bonds. The Morgan fingerprint density at radius 2 is 2.24 bits per heavy atom. The van der Waals surface area contributed by atoms with Gasteiger partial charge in [-0.15, -0.1) is 0 Å². The molecule has 25 heavy (non-hydrogen) atoms. The minimum absolute atomic E-state index is 0.150. The topological polar surface area (TPSA) is 71.1 Å². The largest absolute Gasteiger partial charge is 0.366 e. The molecule has 1 N–H and O–H groups in total. The summed E-state index contributed by atoms with van der Waals surface area (Å²) in [7, 11) is 0. The van der Waals surface area contributed by atoms with Gasteiger partial charge >= 0.3 is 0 Å². The number of hydrogen-bond acceptors (Lipinski definition) is 4. The zero-order chi connectivity index (χ0) is 17.5. The van der Waals surface area contributed by atoms with Crippen LogP contribution in [-0.4, -0.2) is 45.7 Å². The number of rotatable bonds is 6. The molecule has 1 aliphatic rings. The molecule has 1 aromatic carbocycles. The van der Waals surface area contributed by atoms with Gasteiger partial charge in [-0.3, -0.25) is 9.89 Å². The fourth-order valence-corrected chi connectivity index (χ4v) is 2.79. The van der Waals surface area contributed by atoms with Crippen LogP contribution in [0.1, 0.15) is 43.1 Å². The first-order chi connectivity index (χ1) is 12.3. The van der Waals surface area contributed by atoms with Crippen molar-refractivity contribution in [1.29, 1.82) is 0 Å². The molecule has 0 saturated carbocycles. The molecule has 132 valence electrons. The fourth-order valence-electron chi connectivity index (χ4n) is 2.79. The Bertz CT molecular complexity index is 711. The molecule has 3 rings (SSSR count). The summed E-state index contributed by atoms with van der Waals surface area (Å²) in [5, 5.41) is 7.10. The lowest BCUT2D eigenvalue weighted by atomic mass is 10.1. The number of carbonyl (C=O) groups excluding carboxylic acids is 1. The van der Waals surface area contributed by atoms with E-state index in [-0.39, 0.29) is 12.0 Å². The minimum atomic E-state index is -0.242. The van der Waals surface area contributed by atoms with Gasteiger partial charge in [0.15, 0.2) is 5.82 Å². The standard InChI is InChI=1S/C19H24N4O2/c1-2-17-20-19(22-21-17)16-14-23(12-13-25-16)18(24)11-7-6-10-15-8-4-3-5-9-15/h3-6,8-10,16H,2,7,11-14H2,1H3,(H,20,21,22)/b10-6+. The molecular formula is C19H24N4O2. The van der Waals surface area contributed by atoms with Gasteiger partial charge in [-0.1, -0.05) is 49.4 Å². The number of aromatic nitrogens is 3. The maximum atomic E-state index is 12.4. The number of H-pyrrole nitrogens is 1. The van der Waals surface area contributed by atoms with E-state index in [4.69, 9.17) is 4.74 Å². The number of ether oxygens (including phenoxy) is 1. The summed E-state index contributed by atoms with van der Waals surface area (Å²) in [5.41, 5.74) is 1.15. The van der Waals surface area contributed by atoms with Crippen LogP contribution in [0.3, 0.4) is 0 Å². The number of amides is 1. The Balaban J connectivity index is 1.49. The Morgan fingerprint density at radius 1 is 1.40 bits per heavy atom. The quantitative estimate of drug-likeness (QED) is 0.878. The third-order valence-corrected chi connectivity index (χ3v) is 4.23. The van der Waals surface area contributed by atoms with Crippen LogP contribution in [0.15, 0.2) is 36.4 Å². The van der Waals surface area contributed by atoms with Gasteiger partial charge in [0, 0.05) is 19.4 Å². The van der Waals surface area contributed by atoms with Crippen LogP contribution in [0.25, 0.3) is 6.08 Å². The average molecular weight is 340 g/mol. The van der Waals surface area contributed by atoms with Crippen molar-refractivity contribution < 1.29 is 9.53 Å². The molecule has 1 aromatic heterocycles. The van der Waals surface area contributed by atoms with E-state index in [0.29, 0.717) is 31.9 Å². The van der Waals surface area contributed by atoms with E-state index < -0.39 is 0 Å². The molecule has 1 fully saturated rings. The van der Waals surface area contributed by atoms with Gasteiger partial charge in [0.2, 0.25) is 5.91 Å². The van der Waals surface area contributed by atoms with Crippen molar-refractivity contribution in [2.75, 3.05) is 19.7 Å². The average Bonchev–Trinajstić information content (AvgIpc) is 3.15. The molecule has 1 atom stereocenters. The monoisotopic (exact) mass is 340 g/mol. The molecule has 6 heteroatoms. The van der Waals surface area contributed by atoms with Gasteiger partial charge in [-0.2, -0.15) is 5.10 Å². The number of morpholine rings is 1. The predicted octanol–water partition coefficient (Wildman–Crippen LogP) is 2.76. The molecule has 2 aromatic rings. The zero-order valence-electron chi connectivity index (χ0n) is 14.5. The summed E-state index contributed by atoms with van der Waals surface area (Å²) in [6.45, 7) is 3.68. The predicted molar refractivity (Wildman–Crippen MR) is 95.7 cm³/mol. The second-order valence-electron chi connectivity index (χ2n) is 6.04. The SMILES string of the molecule is CCc1nc(C2CN(C(=O)CC/C=C/c3ccccc3)CCO2)n[nH]1. The van der Waals surface area contributed by atoms with Crippen LogP contribution in [0, 0.1) is 0 Å². The van der Waals surface area contributed by atoms with Gasteiger partial charge in [0.05, 0.1) is 13.2 Å². The van der Waals surface area contributed by atoms with Crippen LogP contribution in [0.2, 0.25) is 0 Å². The highest BCUT2D eigenvalue weighted by molar-refractivity contribution is 5.76. The highest BCUT2D eigenvalue weighted by Crippen LogP contribution is 2.20. The molecule has 2 heterocycles. The summed E-state index contributed by atoms with van der Waals surface area (Å²) in [5.74, 6) is 1.63. The third kappa shape index (κ3) is 4.76. The summed E-state index contributed by atoms with van der Waals surface area (Å²) in [4.78, 5) is 18.7. The Kier molecular flexibility index (Phi) is 5.95. The lowest BCUT2D eigenvalue weighted by Gasteiger charge is -2.31. The highest BCUT2D eigenvalue weighted by Gasteiger charge is 2.27. The van der Waals surface area contributed by atoms with Gasteiger partial charge < -0.3 is 9.64 Å². The smallest absolute Gasteiger partial charge is 0.223 e. The number of nitrogens with zero attached hydrogens (tertiary/aromatic N) is 3. The first-order valence-electron chi connectivity index (χ1n) is 8.78. The number of carbonyl (C=O) groups is 1. The van der Waals surface area contributed by atoms with E-state index in [0.717, 1.165) is 24.2 Å². The highest BCUT2D eigenvalue weighted by atomic mass is 16.5. The van der Waals surface area contributed by atoms with E-state index >= 15 is 0 Å². The van der Waals surface area contributed by atoms with E-state index in [1.54, 1.807) is 0 Å². The molecule has 0 radical (unpaired) electrons. The van der Waals surface area contributed by atoms with Crippen LogP contribution >= 0.6 is 0 Å². The number of aryl methyl sites for hydroxylation is 1. The van der Waals surface area contributed by atoms with Crippen molar-refractivity contribution >= 4 is 12.0 Å². The van der Waals surface area contributed by atoms with E-state index in [1.807, 2.05) is 48.2 Å². The van der Waals surface area contributed by atoms with Crippen molar-refractivity contribution in [3.63, 3.8) is 0 Å². The molecule has 0 bridgehead atoms. The van der Waals surface area contributed by atoms with E-state index in [2.05, 4.69) is 21.3 Å². The number of hydrogen-bond donors (Lipinski definition) is 1. The Labute approximate surface area is 147 Å². The normalized spacial score (nSPS) is 18.0. The number of allylic oxidation sites excluding steroid dienone is 1. The molecule has 0 spiro atoms. The second-order valence-corrected chi connectivity index (χ2v) is 6.04. The van der Waals surface area contributed by atoms with Gasteiger partial charge in [-0.25, -0.2) is 4.98 Å². The first kappa shape index (κ1) is 17.4. The summed E-state index contributed by atoms with van der Waals surface area (Å²) in [6, 6.07) is 10.1. The summed E-state index contributed by atoms with van der Waals surface area (Å²) < 4.78 is 5.73. The lowest BCUT2D eigenvalue weighted by molar-refractivity contribution is -0.139. The lowest BCUT2D eigenvalue weighted by Crippen LogP contribution is -2.42.